The number of carbonyl (C=O) groups is 1. The van der Waals surface area contributed by atoms with E-state index in [9.17, 15) is 4.79 Å². The van der Waals surface area contributed by atoms with Crippen molar-refractivity contribution >= 4 is 23.6 Å². The average Bonchev–Trinajstić information content (AvgIpc) is 2.61. The van der Waals surface area contributed by atoms with E-state index in [0.29, 0.717) is 17.6 Å². The molecule has 0 N–H and O–H groups in total. The highest BCUT2D eigenvalue weighted by atomic mass is 32.2. The van der Waals surface area contributed by atoms with Crippen molar-refractivity contribution in [2.45, 2.75) is 51.2 Å². The van der Waals surface area contributed by atoms with Crippen LogP contribution in [0.2, 0.25) is 0 Å². The zero-order chi connectivity index (χ0) is 13.8. The molecule has 4 nitrogen and oxygen atoms in total. The Bertz CT molecular complexity index is 403. The fourth-order valence-corrected chi connectivity index (χ4v) is 3.20. The molecule has 0 radical (unpaired) electrons. The van der Waals surface area contributed by atoms with Crippen LogP contribution in [0.1, 0.15) is 46.0 Å². The largest absolute Gasteiger partial charge is 0.320 e. The van der Waals surface area contributed by atoms with Gasteiger partial charge in [0, 0.05) is 12.3 Å². The summed E-state index contributed by atoms with van der Waals surface area (Å²) in [6.07, 6.45) is 7.91. The Balaban J connectivity index is 2.20. The Morgan fingerprint density at radius 2 is 2.11 bits per heavy atom. The number of nitrogens with zero attached hydrogens (tertiary/aromatic N) is 3. The fraction of sp³-hybridized carbons (Fsp3) is 0.714. The Hall–Kier alpha value is -0.970. The lowest BCUT2D eigenvalue weighted by molar-refractivity contribution is -0.124. The second kappa shape index (κ2) is 6.46. The molecule has 1 amide bonds. The second-order valence-electron chi connectivity index (χ2n) is 5.43. The summed E-state index contributed by atoms with van der Waals surface area (Å²) >= 11 is 1.68. The van der Waals surface area contributed by atoms with Gasteiger partial charge in [0.05, 0.1) is 0 Å². The highest BCUT2D eigenvalue weighted by molar-refractivity contribution is 7.97. The SMILES string of the molecule is CC(C)SN1CN(C)C(=O)C(C2=CCCCCC2)=N1. The van der Waals surface area contributed by atoms with E-state index in [2.05, 4.69) is 25.0 Å². The number of hydrogen-bond acceptors (Lipinski definition) is 4. The number of amides is 1. The molecule has 0 saturated heterocycles. The maximum absolute atomic E-state index is 12.3. The van der Waals surface area contributed by atoms with Crippen molar-refractivity contribution in [1.82, 2.24) is 9.31 Å². The van der Waals surface area contributed by atoms with Gasteiger partial charge < -0.3 is 4.90 Å². The summed E-state index contributed by atoms with van der Waals surface area (Å²) in [6, 6.07) is 0. The van der Waals surface area contributed by atoms with Crippen LogP contribution in [0.15, 0.2) is 16.8 Å². The first kappa shape index (κ1) is 14.4. The Morgan fingerprint density at radius 3 is 2.84 bits per heavy atom. The van der Waals surface area contributed by atoms with Crippen LogP contribution in [0, 0.1) is 0 Å². The van der Waals surface area contributed by atoms with Crippen LogP contribution >= 0.6 is 11.9 Å². The van der Waals surface area contributed by atoms with Gasteiger partial charge in [-0.15, -0.1) is 0 Å². The minimum absolute atomic E-state index is 0.0637. The van der Waals surface area contributed by atoms with Gasteiger partial charge in [0.15, 0.2) is 5.71 Å². The first-order valence-corrected chi connectivity index (χ1v) is 7.89. The summed E-state index contributed by atoms with van der Waals surface area (Å²) in [5, 5.41) is 5.04. The van der Waals surface area contributed by atoms with Crippen molar-refractivity contribution in [3.05, 3.63) is 11.6 Å². The summed E-state index contributed by atoms with van der Waals surface area (Å²) in [5.41, 5.74) is 1.80. The Kier molecular flexibility index (Phi) is 4.91. The third kappa shape index (κ3) is 3.75. The number of hydrogen-bond donors (Lipinski definition) is 0. The zero-order valence-corrected chi connectivity index (χ0v) is 12.9. The minimum Gasteiger partial charge on any atom is -0.320 e. The topological polar surface area (TPSA) is 35.9 Å². The van der Waals surface area contributed by atoms with E-state index in [1.807, 2.05) is 11.5 Å². The van der Waals surface area contributed by atoms with Gasteiger partial charge >= 0.3 is 0 Å². The summed E-state index contributed by atoms with van der Waals surface area (Å²) in [7, 11) is 1.85. The summed E-state index contributed by atoms with van der Waals surface area (Å²) in [5.74, 6) is 0.0637. The van der Waals surface area contributed by atoms with Gasteiger partial charge in [-0.05, 0) is 43.2 Å². The Morgan fingerprint density at radius 1 is 1.32 bits per heavy atom. The molecule has 5 heteroatoms. The van der Waals surface area contributed by atoms with Crippen LogP contribution in [0.25, 0.3) is 0 Å². The molecule has 0 aromatic rings. The molecule has 2 aliphatic rings. The standard InChI is InChI=1S/C14H23N3OS/c1-11(2)19-17-10-16(3)14(18)13(15-17)12-8-6-4-5-7-9-12/h8,11H,4-7,9-10H2,1-3H3. The molecule has 0 saturated carbocycles. The van der Waals surface area contributed by atoms with Gasteiger partial charge in [-0.2, -0.15) is 5.10 Å². The molecular formula is C14H23N3OS. The van der Waals surface area contributed by atoms with E-state index in [1.54, 1.807) is 16.8 Å². The van der Waals surface area contributed by atoms with E-state index in [0.717, 1.165) is 18.4 Å². The molecule has 0 fully saturated rings. The molecule has 1 aliphatic carbocycles. The van der Waals surface area contributed by atoms with Crippen LogP contribution in [0.3, 0.4) is 0 Å². The normalized spacial score (nSPS) is 21.4. The van der Waals surface area contributed by atoms with Crippen molar-refractivity contribution in [1.29, 1.82) is 0 Å². The van der Waals surface area contributed by atoms with Crippen LogP contribution < -0.4 is 0 Å². The molecule has 0 bridgehead atoms. The van der Waals surface area contributed by atoms with E-state index in [1.165, 1.54) is 19.3 Å². The lowest BCUT2D eigenvalue weighted by Gasteiger charge is -2.31. The van der Waals surface area contributed by atoms with Crippen molar-refractivity contribution < 1.29 is 4.79 Å². The lowest BCUT2D eigenvalue weighted by Crippen LogP contribution is -2.44. The molecule has 0 aromatic heterocycles. The molecule has 19 heavy (non-hydrogen) atoms. The lowest BCUT2D eigenvalue weighted by atomic mass is 10.0. The van der Waals surface area contributed by atoms with Gasteiger partial charge in [-0.3, -0.25) is 4.79 Å². The maximum atomic E-state index is 12.3. The van der Waals surface area contributed by atoms with Gasteiger partial charge in [0.25, 0.3) is 5.91 Å². The third-order valence-corrected chi connectivity index (χ3v) is 4.13. The molecule has 0 unspecified atom stereocenters. The quantitative estimate of drug-likeness (QED) is 0.746. The molecule has 1 aliphatic heterocycles. The average molecular weight is 281 g/mol. The fourth-order valence-electron chi connectivity index (χ4n) is 2.34. The van der Waals surface area contributed by atoms with Gasteiger partial charge in [-0.25, -0.2) is 4.41 Å². The predicted molar refractivity (Wildman–Crippen MR) is 80.8 cm³/mol. The van der Waals surface area contributed by atoms with Crippen LogP contribution in [-0.2, 0) is 4.79 Å². The second-order valence-corrected chi connectivity index (χ2v) is 7.00. The third-order valence-electron chi connectivity index (χ3n) is 3.27. The minimum atomic E-state index is 0.0637. The summed E-state index contributed by atoms with van der Waals surface area (Å²) in [6.45, 7) is 4.85. The maximum Gasteiger partial charge on any atom is 0.275 e. The molecule has 0 spiro atoms. The van der Waals surface area contributed by atoms with E-state index < -0.39 is 0 Å². The number of carbonyl (C=O) groups excluding carboxylic acids is 1. The molecule has 106 valence electrons. The summed E-state index contributed by atoms with van der Waals surface area (Å²) in [4.78, 5) is 14.0. The van der Waals surface area contributed by atoms with Crippen molar-refractivity contribution in [2.24, 2.45) is 5.10 Å². The van der Waals surface area contributed by atoms with E-state index in [-0.39, 0.29) is 5.91 Å². The van der Waals surface area contributed by atoms with Gasteiger partial charge in [0.2, 0.25) is 0 Å². The summed E-state index contributed by atoms with van der Waals surface area (Å²) < 4.78 is 1.94. The van der Waals surface area contributed by atoms with E-state index >= 15 is 0 Å². The van der Waals surface area contributed by atoms with Crippen molar-refractivity contribution in [2.75, 3.05) is 13.7 Å². The van der Waals surface area contributed by atoms with E-state index in [4.69, 9.17) is 0 Å². The van der Waals surface area contributed by atoms with Crippen molar-refractivity contribution in [3.8, 4) is 0 Å². The van der Waals surface area contributed by atoms with Crippen LogP contribution in [-0.4, -0.2) is 39.9 Å². The zero-order valence-electron chi connectivity index (χ0n) is 12.1. The first-order chi connectivity index (χ1) is 9.08. The molecule has 1 heterocycles. The first-order valence-electron chi connectivity index (χ1n) is 7.05. The van der Waals surface area contributed by atoms with Crippen LogP contribution in [0.4, 0.5) is 0 Å². The molecule has 0 aromatic carbocycles. The van der Waals surface area contributed by atoms with Crippen molar-refractivity contribution in [3.63, 3.8) is 0 Å². The predicted octanol–water partition coefficient (Wildman–Crippen LogP) is 3.02. The Labute approximate surface area is 120 Å². The molecule has 2 rings (SSSR count). The van der Waals surface area contributed by atoms with Gasteiger partial charge in [0.1, 0.15) is 6.67 Å². The number of allylic oxidation sites excluding steroid dienone is 1. The smallest absolute Gasteiger partial charge is 0.275 e. The number of rotatable bonds is 3. The highest BCUT2D eigenvalue weighted by Crippen LogP contribution is 2.25. The van der Waals surface area contributed by atoms with Crippen LogP contribution in [0.5, 0.6) is 0 Å². The monoisotopic (exact) mass is 281 g/mol. The highest BCUT2D eigenvalue weighted by Gasteiger charge is 2.28. The molecule has 0 atom stereocenters. The number of hydrazone groups is 1. The van der Waals surface area contributed by atoms with Gasteiger partial charge in [-0.1, -0.05) is 26.3 Å². The molecular weight excluding hydrogens is 258 g/mol.